The smallest absolute Gasteiger partial charge is 0.222 e. The van der Waals surface area contributed by atoms with Gasteiger partial charge in [0.2, 0.25) is 5.95 Å². The molecular formula is C16H28N4. The standard InChI is InChI=1S/C16H28N4/c1-16(2,3)14-8-10-18-15(19-14)17-9-7-13-20-11-5-4-6-12-20/h8,10H,4-7,9,11-13H2,1-3H3,(H,17,18,19). The van der Waals surface area contributed by atoms with E-state index in [2.05, 4.69) is 41.0 Å². The molecule has 1 saturated heterocycles. The van der Waals surface area contributed by atoms with Gasteiger partial charge in [0.05, 0.1) is 5.69 Å². The van der Waals surface area contributed by atoms with Gasteiger partial charge in [-0.1, -0.05) is 27.2 Å². The molecular weight excluding hydrogens is 248 g/mol. The highest BCUT2D eigenvalue weighted by Gasteiger charge is 2.15. The molecule has 0 aliphatic carbocycles. The van der Waals surface area contributed by atoms with Crippen molar-refractivity contribution in [3.63, 3.8) is 0 Å². The third-order valence-corrected chi connectivity index (χ3v) is 3.81. The first-order valence-electron chi connectivity index (χ1n) is 7.85. The van der Waals surface area contributed by atoms with E-state index in [0.717, 1.165) is 24.6 Å². The maximum atomic E-state index is 4.59. The Bertz CT molecular complexity index is 405. The van der Waals surface area contributed by atoms with E-state index in [1.807, 2.05) is 12.3 Å². The molecule has 1 aliphatic heterocycles. The average molecular weight is 276 g/mol. The van der Waals surface area contributed by atoms with Crippen LogP contribution in [0.4, 0.5) is 5.95 Å². The van der Waals surface area contributed by atoms with E-state index >= 15 is 0 Å². The van der Waals surface area contributed by atoms with Gasteiger partial charge >= 0.3 is 0 Å². The molecule has 1 N–H and O–H groups in total. The molecule has 0 saturated carbocycles. The van der Waals surface area contributed by atoms with Crippen molar-refractivity contribution in [1.29, 1.82) is 0 Å². The Morgan fingerprint density at radius 2 is 1.95 bits per heavy atom. The summed E-state index contributed by atoms with van der Waals surface area (Å²) in [5.41, 5.74) is 1.17. The Labute approximate surface area is 123 Å². The molecule has 0 atom stereocenters. The first kappa shape index (κ1) is 15.2. The Hall–Kier alpha value is -1.16. The number of piperidine rings is 1. The predicted molar refractivity (Wildman–Crippen MR) is 84.1 cm³/mol. The van der Waals surface area contributed by atoms with Gasteiger partial charge in [-0.15, -0.1) is 0 Å². The summed E-state index contributed by atoms with van der Waals surface area (Å²) in [6.45, 7) is 11.2. The van der Waals surface area contributed by atoms with Gasteiger partial charge in [0.15, 0.2) is 0 Å². The van der Waals surface area contributed by atoms with E-state index in [9.17, 15) is 0 Å². The summed E-state index contributed by atoms with van der Waals surface area (Å²) in [6, 6.07) is 2.00. The fourth-order valence-electron chi connectivity index (χ4n) is 2.55. The van der Waals surface area contributed by atoms with Crippen LogP contribution in [0.1, 0.15) is 52.1 Å². The van der Waals surface area contributed by atoms with Crippen LogP contribution in [0, 0.1) is 0 Å². The molecule has 4 heteroatoms. The fourth-order valence-corrected chi connectivity index (χ4v) is 2.55. The summed E-state index contributed by atoms with van der Waals surface area (Å²) in [7, 11) is 0. The molecule has 0 aromatic carbocycles. The second kappa shape index (κ2) is 7.02. The van der Waals surface area contributed by atoms with E-state index in [0.29, 0.717) is 0 Å². The summed E-state index contributed by atoms with van der Waals surface area (Å²) in [6.07, 6.45) is 7.14. The van der Waals surface area contributed by atoms with Crippen molar-refractivity contribution >= 4 is 5.95 Å². The van der Waals surface area contributed by atoms with Crippen molar-refractivity contribution in [2.45, 2.75) is 51.9 Å². The van der Waals surface area contributed by atoms with Crippen LogP contribution in [0.25, 0.3) is 0 Å². The predicted octanol–water partition coefficient (Wildman–Crippen LogP) is 3.06. The topological polar surface area (TPSA) is 41.1 Å². The van der Waals surface area contributed by atoms with Gasteiger partial charge in [-0.2, -0.15) is 0 Å². The molecule has 2 heterocycles. The highest BCUT2D eigenvalue weighted by Crippen LogP contribution is 2.20. The summed E-state index contributed by atoms with van der Waals surface area (Å²) in [5.74, 6) is 0.760. The normalized spacial score (nSPS) is 17.1. The second-order valence-electron chi connectivity index (χ2n) is 6.70. The molecule has 1 fully saturated rings. The first-order valence-corrected chi connectivity index (χ1v) is 7.85. The summed E-state index contributed by atoms with van der Waals surface area (Å²) in [5, 5.41) is 3.35. The Kier molecular flexibility index (Phi) is 5.35. The van der Waals surface area contributed by atoms with Crippen LogP contribution < -0.4 is 5.32 Å². The Morgan fingerprint density at radius 3 is 2.65 bits per heavy atom. The van der Waals surface area contributed by atoms with Gasteiger partial charge < -0.3 is 10.2 Å². The van der Waals surface area contributed by atoms with Crippen LogP contribution in [-0.2, 0) is 5.41 Å². The monoisotopic (exact) mass is 276 g/mol. The highest BCUT2D eigenvalue weighted by molar-refractivity contribution is 5.27. The number of aromatic nitrogens is 2. The summed E-state index contributed by atoms with van der Waals surface area (Å²) < 4.78 is 0. The van der Waals surface area contributed by atoms with E-state index in [1.165, 1.54) is 38.9 Å². The maximum Gasteiger partial charge on any atom is 0.222 e. The number of rotatable bonds is 5. The molecule has 1 aromatic rings. The zero-order valence-corrected chi connectivity index (χ0v) is 13.2. The van der Waals surface area contributed by atoms with Gasteiger partial charge in [-0.05, 0) is 45.0 Å². The minimum atomic E-state index is 0.0766. The van der Waals surface area contributed by atoms with Crippen molar-refractivity contribution < 1.29 is 0 Å². The molecule has 1 aliphatic rings. The largest absolute Gasteiger partial charge is 0.354 e. The van der Waals surface area contributed by atoms with Crippen LogP contribution >= 0.6 is 0 Å². The van der Waals surface area contributed by atoms with Crippen LogP contribution in [0.5, 0.6) is 0 Å². The molecule has 2 rings (SSSR count). The van der Waals surface area contributed by atoms with Gasteiger partial charge in [-0.3, -0.25) is 0 Å². The minimum absolute atomic E-state index is 0.0766. The SMILES string of the molecule is CC(C)(C)c1ccnc(NCCCN2CCCCC2)n1. The Morgan fingerprint density at radius 1 is 1.20 bits per heavy atom. The number of hydrogen-bond acceptors (Lipinski definition) is 4. The Balaban J connectivity index is 1.73. The number of likely N-dealkylation sites (tertiary alicyclic amines) is 1. The van der Waals surface area contributed by atoms with Gasteiger partial charge in [0.1, 0.15) is 0 Å². The summed E-state index contributed by atoms with van der Waals surface area (Å²) >= 11 is 0. The lowest BCUT2D eigenvalue weighted by molar-refractivity contribution is 0.228. The highest BCUT2D eigenvalue weighted by atomic mass is 15.1. The fraction of sp³-hybridized carbons (Fsp3) is 0.750. The number of hydrogen-bond donors (Lipinski definition) is 1. The molecule has 0 spiro atoms. The lowest BCUT2D eigenvalue weighted by atomic mass is 9.92. The molecule has 1 aromatic heterocycles. The van der Waals surface area contributed by atoms with E-state index in [4.69, 9.17) is 0 Å². The molecule has 0 radical (unpaired) electrons. The number of anilines is 1. The lowest BCUT2D eigenvalue weighted by Gasteiger charge is -2.26. The van der Waals surface area contributed by atoms with Gasteiger partial charge in [0, 0.05) is 18.2 Å². The zero-order chi connectivity index (χ0) is 14.4. The molecule has 4 nitrogen and oxygen atoms in total. The molecule has 20 heavy (non-hydrogen) atoms. The van der Waals surface area contributed by atoms with Crippen molar-refractivity contribution in [3.8, 4) is 0 Å². The first-order chi connectivity index (χ1) is 9.55. The quantitative estimate of drug-likeness (QED) is 0.839. The van der Waals surface area contributed by atoms with Crippen LogP contribution in [-0.4, -0.2) is 41.0 Å². The average Bonchev–Trinajstić information content (AvgIpc) is 2.44. The minimum Gasteiger partial charge on any atom is -0.354 e. The van der Waals surface area contributed by atoms with Crippen molar-refractivity contribution in [1.82, 2.24) is 14.9 Å². The third kappa shape index (κ3) is 4.75. The molecule has 112 valence electrons. The van der Waals surface area contributed by atoms with E-state index in [-0.39, 0.29) is 5.41 Å². The van der Waals surface area contributed by atoms with Crippen LogP contribution in [0.2, 0.25) is 0 Å². The maximum absolute atomic E-state index is 4.59. The second-order valence-corrected chi connectivity index (χ2v) is 6.70. The van der Waals surface area contributed by atoms with Gasteiger partial charge in [-0.25, -0.2) is 9.97 Å². The number of nitrogens with zero attached hydrogens (tertiary/aromatic N) is 3. The van der Waals surface area contributed by atoms with E-state index in [1.54, 1.807) is 0 Å². The van der Waals surface area contributed by atoms with Crippen molar-refractivity contribution in [2.75, 3.05) is 31.5 Å². The third-order valence-electron chi connectivity index (χ3n) is 3.81. The number of nitrogens with one attached hydrogen (secondary N) is 1. The summed E-state index contributed by atoms with van der Waals surface area (Å²) in [4.78, 5) is 11.5. The lowest BCUT2D eigenvalue weighted by Crippen LogP contribution is -2.31. The van der Waals surface area contributed by atoms with Crippen LogP contribution in [0.15, 0.2) is 12.3 Å². The molecule has 0 amide bonds. The molecule has 0 unspecified atom stereocenters. The van der Waals surface area contributed by atoms with Crippen molar-refractivity contribution in [3.05, 3.63) is 18.0 Å². The van der Waals surface area contributed by atoms with Crippen LogP contribution in [0.3, 0.4) is 0 Å². The van der Waals surface area contributed by atoms with Gasteiger partial charge in [0.25, 0.3) is 0 Å². The molecule has 0 bridgehead atoms. The van der Waals surface area contributed by atoms with Crippen molar-refractivity contribution in [2.24, 2.45) is 0 Å². The van der Waals surface area contributed by atoms with E-state index < -0.39 is 0 Å². The zero-order valence-electron chi connectivity index (χ0n) is 13.2.